The fourth-order valence-corrected chi connectivity index (χ4v) is 3.66. The molecule has 2 rings (SSSR count). The number of esters is 1. The van der Waals surface area contributed by atoms with Crippen LogP contribution in [0.4, 0.5) is 0 Å². The average molecular weight is 401 g/mol. The number of halogens is 1. The van der Waals surface area contributed by atoms with E-state index in [9.17, 15) is 9.59 Å². The summed E-state index contributed by atoms with van der Waals surface area (Å²) < 4.78 is 5.84. The minimum Gasteiger partial charge on any atom is -0.457 e. The highest BCUT2D eigenvalue weighted by Gasteiger charge is 2.13. The van der Waals surface area contributed by atoms with Crippen LogP contribution in [0, 0.1) is 13.8 Å². The van der Waals surface area contributed by atoms with Gasteiger partial charge in [-0.25, -0.2) is 9.97 Å². The van der Waals surface area contributed by atoms with E-state index in [-0.39, 0.29) is 18.1 Å². The number of carbonyl (C=O) groups is 2. The van der Waals surface area contributed by atoms with Gasteiger partial charge in [0.25, 0.3) is 0 Å². The molecule has 0 aliphatic rings. The summed E-state index contributed by atoms with van der Waals surface area (Å²) in [6, 6.07) is 5.34. The Morgan fingerprint density at radius 3 is 2.55 bits per heavy atom. The van der Waals surface area contributed by atoms with Crippen LogP contribution >= 0.6 is 39.0 Å². The van der Waals surface area contributed by atoms with Crippen molar-refractivity contribution in [3.8, 4) is 0 Å². The van der Waals surface area contributed by atoms with Gasteiger partial charge in [-0.15, -0.1) is 11.3 Å². The predicted octanol–water partition coefficient (Wildman–Crippen LogP) is 3.44. The van der Waals surface area contributed by atoms with Gasteiger partial charge < -0.3 is 4.74 Å². The quantitative estimate of drug-likeness (QED) is 0.320. The van der Waals surface area contributed by atoms with Crippen molar-refractivity contribution >= 4 is 50.8 Å². The van der Waals surface area contributed by atoms with E-state index < -0.39 is 5.97 Å². The molecular weight excluding hydrogens is 388 g/mol. The maximum atomic E-state index is 11.8. The summed E-state index contributed by atoms with van der Waals surface area (Å²) in [4.78, 5) is 32.5. The van der Waals surface area contributed by atoms with Crippen molar-refractivity contribution in [3.63, 3.8) is 0 Å². The summed E-state index contributed by atoms with van der Waals surface area (Å²) in [5.74, 6) is -0.599. The lowest BCUT2D eigenvalue weighted by molar-refractivity contribution is -0.139. The zero-order chi connectivity index (χ0) is 16.1. The maximum absolute atomic E-state index is 11.8. The van der Waals surface area contributed by atoms with Crippen molar-refractivity contribution < 1.29 is 14.3 Å². The second kappa shape index (κ2) is 7.85. The van der Waals surface area contributed by atoms with Crippen molar-refractivity contribution in [1.29, 1.82) is 0 Å². The second-order valence-corrected chi connectivity index (χ2v) is 7.82. The number of nitrogens with zero attached hydrogens (tertiary/aromatic N) is 2. The van der Waals surface area contributed by atoms with Gasteiger partial charge >= 0.3 is 5.97 Å². The number of rotatable bonds is 6. The summed E-state index contributed by atoms with van der Waals surface area (Å²) in [6.45, 7) is 3.49. The minimum atomic E-state index is -0.461. The Bertz CT molecular complexity index is 683. The van der Waals surface area contributed by atoms with Crippen molar-refractivity contribution in [3.05, 3.63) is 38.3 Å². The van der Waals surface area contributed by atoms with Gasteiger partial charge in [-0.2, -0.15) is 0 Å². The normalized spacial score (nSPS) is 10.5. The first-order valence-corrected chi connectivity index (χ1v) is 8.93. The van der Waals surface area contributed by atoms with Crippen molar-refractivity contribution in [1.82, 2.24) is 9.97 Å². The lowest BCUT2D eigenvalue weighted by atomic mass is 10.3. The fraction of sp³-hybridized carbons (Fsp3) is 0.286. The number of hydrogen-bond donors (Lipinski definition) is 0. The first-order chi connectivity index (χ1) is 10.4. The highest BCUT2D eigenvalue weighted by molar-refractivity contribution is 9.11. The van der Waals surface area contributed by atoms with E-state index >= 15 is 0 Å². The van der Waals surface area contributed by atoms with Crippen LogP contribution in [0.5, 0.6) is 0 Å². The third-order valence-corrected chi connectivity index (χ3v) is 4.98. The standard InChI is InChI=1S/C14H13BrN2O3S2/c1-8-5-9(2)17-14(16-8)21-7-13(19)20-6-10(18)11-3-4-12(15)22-11/h3-5H,6-7H2,1-2H3. The van der Waals surface area contributed by atoms with Gasteiger partial charge in [0.15, 0.2) is 11.8 Å². The monoisotopic (exact) mass is 400 g/mol. The van der Waals surface area contributed by atoms with E-state index in [1.807, 2.05) is 19.9 Å². The molecule has 0 aliphatic heterocycles. The van der Waals surface area contributed by atoms with E-state index in [1.54, 1.807) is 12.1 Å². The molecule has 2 aromatic heterocycles. The van der Waals surface area contributed by atoms with Gasteiger partial charge in [0.1, 0.15) is 0 Å². The second-order valence-electron chi connectivity index (χ2n) is 4.41. The molecule has 0 N–H and O–H groups in total. The molecule has 0 atom stereocenters. The van der Waals surface area contributed by atoms with Crippen molar-refractivity contribution in [2.45, 2.75) is 19.0 Å². The maximum Gasteiger partial charge on any atom is 0.316 e. The van der Waals surface area contributed by atoms with E-state index in [1.165, 1.54) is 23.1 Å². The van der Waals surface area contributed by atoms with Crippen molar-refractivity contribution in [2.24, 2.45) is 0 Å². The lowest BCUT2D eigenvalue weighted by Crippen LogP contribution is -2.15. The third kappa shape index (κ3) is 5.19. The lowest BCUT2D eigenvalue weighted by Gasteiger charge is -2.04. The molecular formula is C14H13BrN2O3S2. The fourth-order valence-electron chi connectivity index (χ4n) is 1.60. The van der Waals surface area contributed by atoms with Crippen LogP contribution in [0.25, 0.3) is 0 Å². The number of carbonyl (C=O) groups excluding carboxylic acids is 2. The van der Waals surface area contributed by atoms with Crippen LogP contribution in [0.2, 0.25) is 0 Å². The molecule has 0 bridgehead atoms. The number of thioether (sulfide) groups is 1. The van der Waals surface area contributed by atoms with Gasteiger partial charge in [0.2, 0.25) is 5.78 Å². The molecule has 5 nitrogen and oxygen atoms in total. The topological polar surface area (TPSA) is 69.2 Å². The molecule has 0 aromatic carbocycles. The van der Waals surface area contributed by atoms with E-state index in [2.05, 4.69) is 25.9 Å². The number of aryl methyl sites for hydroxylation is 2. The van der Waals surface area contributed by atoms with Crippen LogP contribution in [-0.2, 0) is 9.53 Å². The summed E-state index contributed by atoms with van der Waals surface area (Å²) >= 11 is 5.79. The number of hydrogen-bond acceptors (Lipinski definition) is 7. The van der Waals surface area contributed by atoms with Crippen LogP contribution in [0.1, 0.15) is 21.1 Å². The Morgan fingerprint density at radius 2 is 1.95 bits per heavy atom. The summed E-state index contributed by atoms with van der Waals surface area (Å²) in [7, 11) is 0. The molecule has 0 fully saturated rings. The molecule has 2 aromatic rings. The van der Waals surface area contributed by atoms with Crippen LogP contribution in [0.15, 0.2) is 27.1 Å². The number of ether oxygens (including phenoxy) is 1. The SMILES string of the molecule is Cc1cc(C)nc(SCC(=O)OCC(=O)c2ccc(Br)s2)n1. The molecule has 0 saturated carbocycles. The van der Waals surface area contributed by atoms with Crippen LogP contribution in [0.3, 0.4) is 0 Å². The molecule has 0 amide bonds. The Kier molecular flexibility index (Phi) is 6.10. The Hall–Kier alpha value is -1.25. The van der Waals surface area contributed by atoms with Crippen LogP contribution in [-0.4, -0.2) is 34.1 Å². The number of thiophene rings is 1. The molecule has 2 heterocycles. The minimum absolute atomic E-state index is 0.0737. The molecule has 0 spiro atoms. The molecule has 0 radical (unpaired) electrons. The molecule has 8 heteroatoms. The Morgan fingerprint density at radius 1 is 1.27 bits per heavy atom. The van der Waals surface area contributed by atoms with E-state index in [0.29, 0.717) is 10.0 Å². The van der Waals surface area contributed by atoms with Crippen LogP contribution < -0.4 is 0 Å². The Balaban J connectivity index is 1.79. The van der Waals surface area contributed by atoms with E-state index in [4.69, 9.17) is 4.74 Å². The zero-order valence-electron chi connectivity index (χ0n) is 12.0. The van der Waals surface area contributed by atoms with Gasteiger partial charge in [0.05, 0.1) is 14.4 Å². The smallest absolute Gasteiger partial charge is 0.316 e. The molecule has 0 aliphatic carbocycles. The van der Waals surface area contributed by atoms with Gasteiger partial charge in [-0.3, -0.25) is 9.59 Å². The third-order valence-electron chi connectivity index (χ3n) is 2.49. The van der Waals surface area contributed by atoms with E-state index in [0.717, 1.165) is 15.2 Å². The molecule has 22 heavy (non-hydrogen) atoms. The summed E-state index contributed by atoms with van der Waals surface area (Å²) in [5, 5.41) is 0.531. The molecule has 0 saturated heterocycles. The largest absolute Gasteiger partial charge is 0.457 e. The zero-order valence-corrected chi connectivity index (χ0v) is 15.2. The van der Waals surface area contributed by atoms with Crippen molar-refractivity contribution in [2.75, 3.05) is 12.4 Å². The van der Waals surface area contributed by atoms with Gasteiger partial charge in [-0.1, -0.05) is 11.8 Å². The highest BCUT2D eigenvalue weighted by Crippen LogP contribution is 2.22. The number of ketones is 1. The summed E-state index contributed by atoms with van der Waals surface area (Å²) in [6.07, 6.45) is 0. The first kappa shape index (κ1) is 17.1. The molecule has 116 valence electrons. The first-order valence-electron chi connectivity index (χ1n) is 6.33. The molecule has 0 unspecified atom stereocenters. The highest BCUT2D eigenvalue weighted by atomic mass is 79.9. The Labute approximate surface area is 144 Å². The number of Topliss-reactive ketones (excluding diaryl/α,β-unsaturated/α-hetero) is 1. The number of aromatic nitrogens is 2. The van der Waals surface area contributed by atoms with Gasteiger partial charge in [0, 0.05) is 11.4 Å². The average Bonchev–Trinajstić information content (AvgIpc) is 2.88. The predicted molar refractivity (Wildman–Crippen MR) is 89.5 cm³/mol. The van der Waals surface area contributed by atoms with Gasteiger partial charge in [-0.05, 0) is 48.0 Å². The summed E-state index contributed by atoms with van der Waals surface area (Å²) in [5.41, 5.74) is 1.70.